The zero-order chi connectivity index (χ0) is 23.2. The summed E-state index contributed by atoms with van der Waals surface area (Å²) in [5, 5.41) is 0. The average Bonchev–Trinajstić information content (AvgIpc) is 2.69. The molecule has 0 nitrogen and oxygen atoms in total. The molecule has 0 heteroatoms. The summed E-state index contributed by atoms with van der Waals surface area (Å²) in [6.45, 7) is 22.0. The third-order valence-electron chi connectivity index (χ3n) is 8.64. The number of hydrogen-bond acceptors (Lipinski definition) is 0. The van der Waals surface area contributed by atoms with Crippen molar-refractivity contribution in [2.24, 2.45) is 58.7 Å². The number of hydrogen-bond donors (Lipinski definition) is 0. The Morgan fingerprint density at radius 3 is 1.94 bits per heavy atom. The minimum Gasteiger partial charge on any atom is -0.0888 e. The minimum atomic E-state index is 0.412. The van der Waals surface area contributed by atoms with Crippen LogP contribution in [0.3, 0.4) is 0 Å². The van der Waals surface area contributed by atoms with Gasteiger partial charge in [0.1, 0.15) is 0 Å². The number of rotatable bonds is 10. The molecule has 31 heavy (non-hydrogen) atoms. The van der Waals surface area contributed by atoms with Gasteiger partial charge in [-0.1, -0.05) is 106 Å². The highest BCUT2D eigenvalue weighted by molar-refractivity contribution is 5.12. The lowest BCUT2D eigenvalue weighted by atomic mass is 9.46. The molecule has 0 amide bonds. The van der Waals surface area contributed by atoms with Crippen LogP contribution in [0.4, 0.5) is 0 Å². The van der Waals surface area contributed by atoms with Crippen molar-refractivity contribution in [1.29, 1.82) is 0 Å². The monoisotopic (exact) mass is 428 g/mol. The van der Waals surface area contributed by atoms with Crippen molar-refractivity contribution in [3.8, 4) is 0 Å². The Kier molecular flexibility index (Phi) is 10.4. The molecular formula is C31H56. The zero-order valence-corrected chi connectivity index (χ0v) is 22.7. The molecule has 0 heterocycles. The van der Waals surface area contributed by atoms with Crippen LogP contribution >= 0.6 is 0 Å². The third kappa shape index (κ3) is 6.74. The lowest BCUT2D eigenvalue weighted by Gasteiger charge is -2.59. The van der Waals surface area contributed by atoms with Crippen molar-refractivity contribution >= 4 is 0 Å². The molecule has 0 N–H and O–H groups in total. The standard InChI is InChI=1S/C31H56/c1-10-14-15-17-26-25(13-4)28(21-31(7,8)9)30-24(20-22(5)6)19-18-23(12-3)29(30)27(26)16-11-2/h14-15,18-19,22-30H,10-13,16-17,20-21H2,1-9H3. The molecular weight excluding hydrogens is 372 g/mol. The maximum Gasteiger partial charge on any atom is -0.0197 e. The van der Waals surface area contributed by atoms with Gasteiger partial charge in [-0.2, -0.15) is 0 Å². The Hall–Kier alpha value is -0.520. The van der Waals surface area contributed by atoms with Gasteiger partial charge >= 0.3 is 0 Å². The Morgan fingerprint density at radius 2 is 1.42 bits per heavy atom. The molecule has 8 unspecified atom stereocenters. The first-order chi connectivity index (χ1) is 14.7. The lowest BCUT2D eigenvalue weighted by Crippen LogP contribution is -2.52. The van der Waals surface area contributed by atoms with Gasteiger partial charge in [-0.15, -0.1) is 0 Å². The highest BCUT2D eigenvalue weighted by Crippen LogP contribution is 2.60. The van der Waals surface area contributed by atoms with E-state index >= 15 is 0 Å². The molecule has 0 radical (unpaired) electrons. The summed E-state index contributed by atoms with van der Waals surface area (Å²) in [7, 11) is 0. The Morgan fingerprint density at radius 1 is 0.774 bits per heavy atom. The summed E-state index contributed by atoms with van der Waals surface area (Å²) in [4.78, 5) is 0. The van der Waals surface area contributed by atoms with E-state index in [4.69, 9.17) is 0 Å². The maximum atomic E-state index is 2.69. The van der Waals surface area contributed by atoms with Crippen LogP contribution in [0.25, 0.3) is 0 Å². The maximum absolute atomic E-state index is 2.69. The molecule has 2 rings (SSSR count). The van der Waals surface area contributed by atoms with E-state index in [1.54, 1.807) is 0 Å². The molecule has 8 atom stereocenters. The van der Waals surface area contributed by atoms with E-state index in [-0.39, 0.29) is 0 Å². The van der Waals surface area contributed by atoms with Crippen LogP contribution in [-0.2, 0) is 0 Å². The molecule has 2 aliphatic carbocycles. The van der Waals surface area contributed by atoms with Crippen LogP contribution < -0.4 is 0 Å². The minimum absolute atomic E-state index is 0.412. The van der Waals surface area contributed by atoms with Crippen molar-refractivity contribution in [3.63, 3.8) is 0 Å². The van der Waals surface area contributed by atoms with Gasteiger partial charge in [0, 0.05) is 0 Å². The fourth-order valence-corrected chi connectivity index (χ4v) is 7.82. The van der Waals surface area contributed by atoms with Crippen LogP contribution in [0.2, 0.25) is 0 Å². The normalized spacial score (nSPS) is 36.3. The first-order valence-electron chi connectivity index (χ1n) is 14.0. The van der Waals surface area contributed by atoms with E-state index in [1.807, 2.05) is 0 Å². The first-order valence-corrected chi connectivity index (χ1v) is 14.0. The zero-order valence-electron chi connectivity index (χ0n) is 22.7. The molecule has 2 aliphatic rings. The Balaban J connectivity index is 2.59. The van der Waals surface area contributed by atoms with Crippen molar-refractivity contribution in [3.05, 3.63) is 24.3 Å². The second-order valence-corrected chi connectivity index (χ2v) is 12.6. The summed E-state index contributed by atoms with van der Waals surface area (Å²) in [6.07, 6.45) is 21.1. The molecule has 180 valence electrons. The molecule has 0 spiro atoms. The second kappa shape index (κ2) is 12.1. The van der Waals surface area contributed by atoms with Crippen LogP contribution in [0, 0.1) is 58.7 Å². The van der Waals surface area contributed by atoms with Crippen molar-refractivity contribution in [2.75, 3.05) is 0 Å². The van der Waals surface area contributed by atoms with Crippen molar-refractivity contribution in [2.45, 2.75) is 114 Å². The van der Waals surface area contributed by atoms with E-state index in [9.17, 15) is 0 Å². The third-order valence-corrected chi connectivity index (χ3v) is 8.64. The SMILES string of the molecule is CCC=CCC1C(CC)C(CC(C)(C)C)C2C(CC(C)C)C=CC(CC)C2C1CCC. The van der Waals surface area contributed by atoms with Gasteiger partial charge in [0.2, 0.25) is 0 Å². The topological polar surface area (TPSA) is 0 Å². The smallest absolute Gasteiger partial charge is 0.0197 e. The fourth-order valence-electron chi connectivity index (χ4n) is 7.82. The van der Waals surface area contributed by atoms with Crippen LogP contribution in [-0.4, -0.2) is 0 Å². The highest BCUT2D eigenvalue weighted by Gasteiger charge is 2.53. The van der Waals surface area contributed by atoms with Gasteiger partial charge in [-0.25, -0.2) is 0 Å². The van der Waals surface area contributed by atoms with Crippen LogP contribution in [0.5, 0.6) is 0 Å². The summed E-state index contributed by atoms with van der Waals surface area (Å²) in [6, 6.07) is 0. The van der Waals surface area contributed by atoms with E-state index in [1.165, 1.54) is 51.4 Å². The van der Waals surface area contributed by atoms with Crippen LogP contribution in [0.15, 0.2) is 24.3 Å². The summed E-state index contributed by atoms with van der Waals surface area (Å²) in [5.41, 5.74) is 0.412. The molecule has 0 bridgehead atoms. The predicted molar refractivity (Wildman–Crippen MR) is 140 cm³/mol. The largest absolute Gasteiger partial charge is 0.0888 e. The molecule has 0 aromatic rings. The van der Waals surface area contributed by atoms with Gasteiger partial charge in [-0.3, -0.25) is 0 Å². The van der Waals surface area contributed by atoms with Crippen molar-refractivity contribution < 1.29 is 0 Å². The summed E-state index contributed by atoms with van der Waals surface area (Å²) >= 11 is 0. The number of fused-ring (bicyclic) bond motifs is 1. The quantitative estimate of drug-likeness (QED) is 0.304. The predicted octanol–water partition coefficient (Wildman–Crippen LogP) is 9.96. The van der Waals surface area contributed by atoms with Gasteiger partial charge in [0.15, 0.2) is 0 Å². The van der Waals surface area contributed by atoms with E-state index in [0.717, 1.165) is 53.3 Å². The Bertz CT molecular complexity index is 559. The number of allylic oxidation sites excluding steroid dienone is 4. The summed E-state index contributed by atoms with van der Waals surface area (Å²) in [5.74, 6) is 7.72. The van der Waals surface area contributed by atoms with E-state index in [0.29, 0.717) is 5.41 Å². The molecule has 0 saturated heterocycles. The fraction of sp³-hybridized carbons (Fsp3) is 0.871. The highest BCUT2D eigenvalue weighted by atomic mass is 14.6. The first kappa shape index (κ1) is 26.7. The molecule has 1 saturated carbocycles. The van der Waals surface area contributed by atoms with Gasteiger partial charge in [0.05, 0.1) is 0 Å². The van der Waals surface area contributed by atoms with E-state index < -0.39 is 0 Å². The Labute approximate surface area is 196 Å². The molecule has 0 aliphatic heterocycles. The summed E-state index contributed by atoms with van der Waals surface area (Å²) < 4.78 is 0. The lowest BCUT2D eigenvalue weighted by molar-refractivity contribution is -0.0825. The molecule has 0 aromatic heterocycles. The van der Waals surface area contributed by atoms with E-state index in [2.05, 4.69) is 86.6 Å². The van der Waals surface area contributed by atoms with Gasteiger partial charge in [0.25, 0.3) is 0 Å². The average molecular weight is 429 g/mol. The molecule has 0 aromatic carbocycles. The van der Waals surface area contributed by atoms with Gasteiger partial charge in [-0.05, 0) is 90.8 Å². The second-order valence-electron chi connectivity index (χ2n) is 12.6. The van der Waals surface area contributed by atoms with Crippen LogP contribution in [0.1, 0.15) is 114 Å². The van der Waals surface area contributed by atoms with Crippen molar-refractivity contribution in [1.82, 2.24) is 0 Å². The van der Waals surface area contributed by atoms with Gasteiger partial charge < -0.3 is 0 Å². The molecule has 1 fully saturated rings.